The van der Waals surface area contributed by atoms with E-state index < -0.39 is 11.9 Å². The first-order chi connectivity index (χ1) is 12.2. The number of benzene rings is 2. The molecule has 0 unspecified atom stereocenters. The van der Waals surface area contributed by atoms with E-state index in [-0.39, 0.29) is 11.7 Å². The van der Waals surface area contributed by atoms with Crippen molar-refractivity contribution >= 4 is 0 Å². The summed E-state index contributed by atoms with van der Waals surface area (Å²) in [6, 6.07) is 14.7. The number of piperidine rings is 1. The third-order valence-corrected chi connectivity index (χ3v) is 5.03. The van der Waals surface area contributed by atoms with Crippen LogP contribution in [0.4, 0.5) is 4.39 Å². The van der Waals surface area contributed by atoms with Crippen LogP contribution in [-0.4, -0.2) is 36.8 Å². The molecule has 0 aromatic heterocycles. The summed E-state index contributed by atoms with van der Waals surface area (Å²) in [6.45, 7) is 2.90. The lowest BCUT2D eigenvalue weighted by Crippen LogP contribution is -2.35. The largest absolute Gasteiger partial charge is 0.494 e. The van der Waals surface area contributed by atoms with E-state index >= 15 is 0 Å². The molecule has 2 aromatic carbocycles. The fourth-order valence-corrected chi connectivity index (χ4v) is 3.61. The molecule has 0 aliphatic carbocycles. The van der Waals surface area contributed by atoms with Crippen LogP contribution in [-0.2, 0) is 0 Å². The topological polar surface area (TPSA) is 32.7 Å². The summed E-state index contributed by atoms with van der Waals surface area (Å²) in [7, 11) is 1.44. The molecule has 0 amide bonds. The van der Waals surface area contributed by atoms with Crippen molar-refractivity contribution in [2.75, 3.05) is 26.7 Å². The molecular weight excluding hydrogens is 317 g/mol. The molecule has 2 aromatic rings. The molecule has 0 saturated carbocycles. The lowest BCUT2D eigenvalue weighted by atomic mass is 9.88. The minimum absolute atomic E-state index is 0.0907. The van der Waals surface area contributed by atoms with Crippen LogP contribution in [0.2, 0.25) is 0 Å². The van der Waals surface area contributed by atoms with Crippen molar-refractivity contribution < 1.29 is 14.2 Å². The first kappa shape index (κ1) is 17.9. The van der Waals surface area contributed by atoms with Crippen LogP contribution in [0.15, 0.2) is 48.5 Å². The highest BCUT2D eigenvalue weighted by Gasteiger charge is 2.26. The Hall–Kier alpha value is -1.91. The number of rotatable bonds is 6. The molecular formula is C21H26FNO2. The minimum atomic E-state index is -0.760. The molecule has 134 valence electrons. The summed E-state index contributed by atoms with van der Waals surface area (Å²) in [4.78, 5) is 2.41. The van der Waals surface area contributed by atoms with E-state index in [2.05, 4.69) is 4.90 Å². The minimum Gasteiger partial charge on any atom is -0.494 e. The van der Waals surface area contributed by atoms with E-state index in [0.717, 1.165) is 25.2 Å². The lowest BCUT2D eigenvalue weighted by Gasteiger charge is -2.33. The molecule has 1 N–H and O–H groups in total. The van der Waals surface area contributed by atoms with E-state index in [1.165, 1.54) is 32.4 Å². The van der Waals surface area contributed by atoms with Gasteiger partial charge in [0.15, 0.2) is 11.6 Å². The van der Waals surface area contributed by atoms with Gasteiger partial charge in [0.1, 0.15) is 0 Å². The van der Waals surface area contributed by atoms with Crippen molar-refractivity contribution in [2.24, 2.45) is 0 Å². The van der Waals surface area contributed by atoms with Crippen LogP contribution in [0.5, 0.6) is 5.75 Å². The fraction of sp³-hybridized carbons (Fsp3) is 0.429. The number of likely N-dealkylation sites (tertiary alicyclic amines) is 1. The molecule has 3 nitrogen and oxygen atoms in total. The molecule has 1 aliphatic rings. The molecule has 4 heteroatoms. The van der Waals surface area contributed by atoms with E-state index in [9.17, 15) is 9.50 Å². The van der Waals surface area contributed by atoms with Gasteiger partial charge < -0.3 is 14.7 Å². The van der Waals surface area contributed by atoms with Gasteiger partial charge in [-0.1, -0.05) is 42.8 Å². The Morgan fingerprint density at radius 2 is 1.76 bits per heavy atom. The normalized spacial score (nSPS) is 17.9. The molecule has 1 fully saturated rings. The van der Waals surface area contributed by atoms with Gasteiger partial charge in [0, 0.05) is 12.5 Å². The van der Waals surface area contributed by atoms with Crippen molar-refractivity contribution in [2.45, 2.75) is 31.3 Å². The number of nitrogens with zero attached hydrogens (tertiary/aromatic N) is 1. The van der Waals surface area contributed by atoms with Gasteiger partial charge in [0.25, 0.3) is 0 Å². The number of hydrogen-bond donors (Lipinski definition) is 1. The molecule has 0 bridgehead atoms. The summed E-state index contributed by atoms with van der Waals surface area (Å²) in [5.41, 5.74) is 1.67. The Balaban J connectivity index is 1.86. The molecule has 3 rings (SSSR count). The number of hydrogen-bond acceptors (Lipinski definition) is 3. The predicted octanol–water partition coefficient (Wildman–Crippen LogP) is 4.14. The van der Waals surface area contributed by atoms with Crippen molar-refractivity contribution in [3.05, 3.63) is 65.5 Å². The molecule has 0 spiro atoms. The zero-order valence-corrected chi connectivity index (χ0v) is 14.7. The highest BCUT2D eigenvalue weighted by molar-refractivity contribution is 5.33. The molecule has 1 saturated heterocycles. The maximum atomic E-state index is 14.1. The highest BCUT2D eigenvalue weighted by Crippen LogP contribution is 2.34. The monoisotopic (exact) mass is 343 g/mol. The van der Waals surface area contributed by atoms with Crippen LogP contribution in [0.3, 0.4) is 0 Å². The number of halogens is 1. The van der Waals surface area contributed by atoms with Gasteiger partial charge in [0.05, 0.1) is 13.2 Å². The summed E-state index contributed by atoms with van der Waals surface area (Å²) in [6.07, 6.45) is 2.92. The van der Waals surface area contributed by atoms with Gasteiger partial charge in [0.2, 0.25) is 0 Å². The van der Waals surface area contributed by atoms with Crippen LogP contribution >= 0.6 is 0 Å². The summed E-state index contributed by atoms with van der Waals surface area (Å²) >= 11 is 0. The predicted molar refractivity (Wildman–Crippen MR) is 97.4 cm³/mol. The molecule has 25 heavy (non-hydrogen) atoms. The van der Waals surface area contributed by atoms with E-state index in [1.807, 2.05) is 30.3 Å². The molecule has 1 aliphatic heterocycles. The quantitative estimate of drug-likeness (QED) is 0.856. The van der Waals surface area contributed by atoms with Gasteiger partial charge in [-0.3, -0.25) is 0 Å². The Labute approximate surface area is 149 Å². The third kappa shape index (κ3) is 4.39. The number of aliphatic hydroxyl groups excluding tert-OH is 1. The van der Waals surface area contributed by atoms with Gasteiger partial charge in [-0.05, 0) is 49.2 Å². The van der Waals surface area contributed by atoms with Crippen molar-refractivity contribution in [3.63, 3.8) is 0 Å². The standard InChI is InChI=1S/C21H26FNO2/c1-25-20-11-10-17(14-19(20)22)21(24)18(16-8-4-2-5-9-16)15-23-12-6-3-7-13-23/h2,4-5,8-11,14,18,21,24H,3,6-7,12-13,15H2,1H3/t18-,21+/m1/s1. The molecule has 2 atom stereocenters. The van der Waals surface area contributed by atoms with Crippen molar-refractivity contribution in [3.8, 4) is 5.75 Å². The summed E-state index contributed by atoms with van der Waals surface area (Å²) in [5, 5.41) is 11.0. The van der Waals surface area contributed by atoms with Gasteiger partial charge in [-0.15, -0.1) is 0 Å². The average Bonchev–Trinajstić information content (AvgIpc) is 2.67. The molecule has 1 heterocycles. The lowest BCUT2D eigenvalue weighted by molar-refractivity contribution is 0.109. The number of ether oxygens (including phenoxy) is 1. The Morgan fingerprint density at radius 3 is 2.40 bits per heavy atom. The summed E-state index contributed by atoms with van der Waals surface area (Å²) < 4.78 is 19.1. The first-order valence-corrected chi connectivity index (χ1v) is 8.98. The van der Waals surface area contributed by atoms with Gasteiger partial charge in [-0.25, -0.2) is 4.39 Å². The maximum Gasteiger partial charge on any atom is 0.165 e. The number of aliphatic hydroxyl groups is 1. The maximum absolute atomic E-state index is 14.1. The second-order valence-electron chi connectivity index (χ2n) is 6.72. The smallest absolute Gasteiger partial charge is 0.165 e. The summed E-state index contributed by atoms with van der Waals surface area (Å²) in [5.74, 6) is -0.334. The Kier molecular flexibility index (Phi) is 6.05. The Bertz CT molecular complexity index is 671. The fourth-order valence-electron chi connectivity index (χ4n) is 3.61. The van der Waals surface area contributed by atoms with Crippen LogP contribution in [0.25, 0.3) is 0 Å². The van der Waals surface area contributed by atoms with Gasteiger partial charge >= 0.3 is 0 Å². The average molecular weight is 343 g/mol. The highest BCUT2D eigenvalue weighted by atomic mass is 19.1. The van der Waals surface area contributed by atoms with E-state index in [0.29, 0.717) is 5.56 Å². The van der Waals surface area contributed by atoms with Crippen LogP contribution < -0.4 is 4.74 Å². The third-order valence-electron chi connectivity index (χ3n) is 5.03. The first-order valence-electron chi connectivity index (χ1n) is 8.98. The van der Waals surface area contributed by atoms with Crippen molar-refractivity contribution in [1.29, 1.82) is 0 Å². The number of methoxy groups -OCH3 is 1. The van der Waals surface area contributed by atoms with E-state index in [1.54, 1.807) is 12.1 Å². The molecule has 0 radical (unpaired) electrons. The van der Waals surface area contributed by atoms with E-state index in [4.69, 9.17) is 4.74 Å². The van der Waals surface area contributed by atoms with Crippen LogP contribution in [0.1, 0.15) is 42.4 Å². The second-order valence-corrected chi connectivity index (χ2v) is 6.72. The van der Waals surface area contributed by atoms with Crippen molar-refractivity contribution in [1.82, 2.24) is 4.90 Å². The van der Waals surface area contributed by atoms with Gasteiger partial charge in [-0.2, -0.15) is 0 Å². The SMILES string of the molecule is COc1ccc([C@H](O)[C@H](CN2CCCCC2)c2ccccc2)cc1F. The second kappa shape index (κ2) is 8.45. The zero-order valence-electron chi connectivity index (χ0n) is 14.7. The Morgan fingerprint density at radius 1 is 1.04 bits per heavy atom. The zero-order chi connectivity index (χ0) is 17.6. The van der Waals surface area contributed by atoms with Crippen LogP contribution in [0, 0.1) is 5.82 Å².